The summed E-state index contributed by atoms with van der Waals surface area (Å²) in [4.78, 5) is 23.4. The third-order valence-corrected chi connectivity index (χ3v) is 7.32. The Hall–Kier alpha value is -3.60. The molecule has 5 atom stereocenters. The molecule has 38 heavy (non-hydrogen) atoms. The standard InChI is InChI=1S/C23H26FN6O7P/c1-4-23(16(31)11-17(36-23)30-13-26-18-19(25)27-22(24)28-20(18)30)12-35-38(33,29-14(3)21(32)34-5-2)37-15-9-7-6-8-10-15/h1,6-10,13-14,16-17,31H,5,11-12H2,2-3H3,(H,29,33)(H2,25,27,28)/t14-,16-,17+,23+,38-/m0/s1. The summed E-state index contributed by atoms with van der Waals surface area (Å²) in [6, 6.07) is 7.04. The van der Waals surface area contributed by atoms with Gasteiger partial charge in [0.05, 0.1) is 12.9 Å². The molecule has 0 saturated carbocycles. The number of halogens is 1. The Balaban J connectivity index is 1.57. The van der Waals surface area contributed by atoms with E-state index < -0.39 is 50.4 Å². The van der Waals surface area contributed by atoms with Crippen LogP contribution in [0.2, 0.25) is 0 Å². The number of nitrogens with two attached hydrogens (primary N) is 1. The highest BCUT2D eigenvalue weighted by Crippen LogP contribution is 2.48. The number of hydrogen-bond acceptors (Lipinski definition) is 11. The number of anilines is 1. The van der Waals surface area contributed by atoms with Crippen molar-refractivity contribution >= 4 is 30.7 Å². The van der Waals surface area contributed by atoms with Crippen LogP contribution in [-0.2, 0) is 23.4 Å². The van der Waals surface area contributed by atoms with E-state index in [0.29, 0.717) is 0 Å². The van der Waals surface area contributed by atoms with Crippen molar-refractivity contribution in [2.24, 2.45) is 0 Å². The summed E-state index contributed by atoms with van der Waals surface area (Å²) < 4.78 is 51.0. The van der Waals surface area contributed by atoms with Gasteiger partial charge in [-0.15, -0.1) is 6.42 Å². The van der Waals surface area contributed by atoms with Crippen LogP contribution in [-0.4, -0.2) is 61.6 Å². The van der Waals surface area contributed by atoms with Crippen LogP contribution >= 0.6 is 7.75 Å². The van der Waals surface area contributed by atoms with Crippen molar-refractivity contribution in [3.8, 4) is 18.1 Å². The van der Waals surface area contributed by atoms with Crippen LogP contribution in [0, 0.1) is 18.4 Å². The van der Waals surface area contributed by atoms with Gasteiger partial charge in [-0.2, -0.15) is 19.4 Å². The minimum absolute atomic E-state index is 0.0314. The average molecular weight is 548 g/mol. The van der Waals surface area contributed by atoms with Crippen molar-refractivity contribution in [2.75, 3.05) is 18.9 Å². The number of para-hydroxylation sites is 1. The van der Waals surface area contributed by atoms with Crippen molar-refractivity contribution in [1.29, 1.82) is 0 Å². The Morgan fingerprint density at radius 1 is 1.45 bits per heavy atom. The Morgan fingerprint density at radius 2 is 2.18 bits per heavy atom. The molecule has 1 aliphatic rings. The molecule has 2 aromatic heterocycles. The molecule has 13 nitrogen and oxygen atoms in total. The molecule has 0 unspecified atom stereocenters. The van der Waals surface area contributed by atoms with Crippen LogP contribution in [0.3, 0.4) is 0 Å². The normalized spacial score (nSPS) is 23.4. The highest BCUT2D eigenvalue weighted by molar-refractivity contribution is 7.52. The highest BCUT2D eigenvalue weighted by Gasteiger charge is 2.50. The summed E-state index contributed by atoms with van der Waals surface area (Å²) in [5, 5.41) is 13.4. The largest absolute Gasteiger partial charge is 0.465 e. The zero-order valence-electron chi connectivity index (χ0n) is 20.5. The van der Waals surface area contributed by atoms with Crippen LogP contribution in [0.5, 0.6) is 5.75 Å². The number of ether oxygens (including phenoxy) is 2. The van der Waals surface area contributed by atoms with Gasteiger partial charge in [0.1, 0.15) is 30.7 Å². The predicted molar refractivity (Wildman–Crippen MR) is 132 cm³/mol. The fourth-order valence-electron chi connectivity index (χ4n) is 3.79. The lowest BCUT2D eigenvalue weighted by Gasteiger charge is -2.29. The molecule has 1 fully saturated rings. The third-order valence-electron chi connectivity index (χ3n) is 5.69. The molecular formula is C23H26FN6O7P. The van der Waals surface area contributed by atoms with Crippen molar-refractivity contribution in [1.82, 2.24) is 24.6 Å². The number of hydrogen-bond donors (Lipinski definition) is 3. The lowest BCUT2D eigenvalue weighted by atomic mass is 9.99. The molecule has 3 heterocycles. The van der Waals surface area contributed by atoms with Gasteiger partial charge in [0.2, 0.25) is 0 Å². The van der Waals surface area contributed by atoms with Crippen molar-refractivity contribution in [3.05, 3.63) is 42.7 Å². The first-order valence-corrected chi connectivity index (χ1v) is 13.1. The Morgan fingerprint density at radius 3 is 2.87 bits per heavy atom. The molecule has 1 aliphatic heterocycles. The Bertz CT molecular complexity index is 1400. The Labute approximate surface area is 217 Å². The van der Waals surface area contributed by atoms with E-state index in [4.69, 9.17) is 30.7 Å². The first-order valence-electron chi connectivity index (χ1n) is 11.5. The van der Waals surface area contributed by atoms with Gasteiger partial charge in [0.25, 0.3) is 0 Å². The van der Waals surface area contributed by atoms with E-state index >= 15 is 0 Å². The summed E-state index contributed by atoms with van der Waals surface area (Å²) in [7, 11) is -4.29. The molecule has 3 aromatic rings. The predicted octanol–water partition coefficient (Wildman–Crippen LogP) is 1.94. The number of carbonyl (C=O) groups excluding carboxylic acids is 1. The van der Waals surface area contributed by atoms with E-state index in [2.05, 4.69) is 26.0 Å². The molecule has 4 N–H and O–H groups in total. The maximum absolute atomic E-state index is 13.8. The van der Waals surface area contributed by atoms with E-state index in [1.165, 1.54) is 30.0 Å². The number of nitrogen functional groups attached to an aromatic ring is 1. The second-order valence-corrected chi connectivity index (χ2v) is 10.0. The van der Waals surface area contributed by atoms with Crippen LogP contribution in [0.25, 0.3) is 11.2 Å². The molecule has 1 aromatic carbocycles. The second kappa shape index (κ2) is 11.0. The lowest BCUT2D eigenvalue weighted by Crippen LogP contribution is -2.43. The van der Waals surface area contributed by atoms with Gasteiger partial charge in [-0.1, -0.05) is 24.1 Å². The number of nitrogens with zero attached hydrogens (tertiary/aromatic N) is 4. The number of imidazole rings is 1. The zero-order valence-corrected chi connectivity index (χ0v) is 21.4. The number of fused-ring (bicyclic) bond motifs is 1. The van der Waals surface area contributed by atoms with Gasteiger partial charge in [-0.3, -0.25) is 13.9 Å². The molecule has 4 rings (SSSR count). The molecule has 0 bridgehead atoms. The number of aliphatic hydroxyl groups is 1. The molecule has 1 saturated heterocycles. The maximum Gasteiger partial charge on any atom is 0.459 e. The number of aliphatic hydroxyl groups excluding tert-OH is 1. The Kier molecular flexibility index (Phi) is 7.96. The van der Waals surface area contributed by atoms with E-state index in [1.54, 1.807) is 25.1 Å². The van der Waals surface area contributed by atoms with E-state index in [1.807, 2.05) is 0 Å². The number of carbonyl (C=O) groups is 1. The van der Waals surface area contributed by atoms with Crippen molar-refractivity contribution in [3.63, 3.8) is 0 Å². The number of terminal acetylenes is 1. The van der Waals surface area contributed by atoms with E-state index in [0.717, 1.165) is 0 Å². The molecule has 0 spiro atoms. The molecular weight excluding hydrogens is 522 g/mol. The van der Waals surface area contributed by atoms with E-state index in [9.17, 15) is 18.9 Å². The molecule has 0 radical (unpaired) electrons. The minimum atomic E-state index is -4.29. The quantitative estimate of drug-likeness (QED) is 0.146. The van der Waals surface area contributed by atoms with Crippen LogP contribution in [0.15, 0.2) is 36.7 Å². The van der Waals surface area contributed by atoms with Gasteiger partial charge >= 0.3 is 19.8 Å². The van der Waals surface area contributed by atoms with E-state index in [-0.39, 0.29) is 35.8 Å². The summed E-state index contributed by atoms with van der Waals surface area (Å²) >= 11 is 0. The number of aromatic nitrogens is 4. The monoisotopic (exact) mass is 548 g/mol. The van der Waals surface area contributed by atoms with Crippen LogP contribution in [0.4, 0.5) is 10.2 Å². The van der Waals surface area contributed by atoms with Gasteiger partial charge < -0.3 is 24.8 Å². The highest BCUT2D eigenvalue weighted by atomic mass is 31.2. The van der Waals surface area contributed by atoms with Gasteiger partial charge in [0, 0.05) is 6.42 Å². The number of rotatable bonds is 10. The SMILES string of the molecule is C#C[C@]1(CO[P@@](=O)(N[C@@H](C)C(=O)OCC)Oc2ccccc2)O[C@@H](n2cnc3c(N)nc(F)nc32)C[C@@H]1O. The topological polar surface area (TPSA) is 173 Å². The second-order valence-electron chi connectivity index (χ2n) is 8.34. The maximum atomic E-state index is 13.8. The number of benzene rings is 1. The third kappa shape index (κ3) is 5.62. The fourth-order valence-corrected chi connectivity index (χ4v) is 5.31. The molecule has 15 heteroatoms. The first-order chi connectivity index (χ1) is 18.1. The number of esters is 1. The number of nitrogens with one attached hydrogen (secondary N) is 1. The van der Waals surface area contributed by atoms with Crippen LogP contribution < -0.4 is 15.3 Å². The molecule has 0 amide bonds. The molecule has 0 aliphatic carbocycles. The average Bonchev–Trinajstić information content (AvgIpc) is 3.44. The molecule has 202 valence electrons. The summed E-state index contributed by atoms with van der Waals surface area (Å²) in [5.74, 6) is 1.70. The zero-order chi connectivity index (χ0) is 27.5. The van der Waals surface area contributed by atoms with Crippen molar-refractivity contribution < 1.29 is 37.4 Å². The van der Waals surface area contributed by atoms with Gasteiger partial charge in [0.15, 0.2) is 22.6 Å². The minimum Gasteiger partial charge on any atom is -0.465 e. The fraction of sp³-hybridized carbons (Fsp3) is 0.391. The first kappa shape index (κ1) is 27.4. The van der Waals surface area contributed by atoms with Crippen LogP contribution in [0.1, 0.15) is 26.5 Å². The smallest absolute Gasteiger partial charge is 0.459 e. The van der Waals surface area contributed by atoms with Gasteiger partial charge in [-0.05, 0) is 26.0 Å². The lowest BCUT2D eigenvalue weighted by molar-refractivity contribution is -0.144. The van der Waals surface area contributed by atoms with Gasteiger partial charge in [-0.25, -0.2) is 9.55 Å². The summed E-state index contributed by atoms with van der Waals surface area (Å²) in [6.07, 6.45) is 3.63. The van der Waals surface area contributed by atoms with Crippen molar-refractivity contribution in [2.45, 2.75) is 44.2 Å². The summed E-state index contributed by atoms with van der Waals surface area (Å²) in [5.41, 5.74) is 4.08. The summed E-state index contributed by atoms with van der Waals surface area (Å²) in [6.45, 7) is 2.56.